The third kappa shape index (κ3) is 2.87. The number of piperidine rings is 1. The van der Waals surface area contributed by atoms with Gasteiger partial charge >= 0.3 is 0 Å². The standard InChI is InChI=1S/C20H27N3OS/c1-3-7-23-10-13(21-12-24)8-15-14-5-4-6-17-20(14)16(9-19(15)23)18(22-17)11-25-2/h4-6,12-13,15,19,22H,3,7-11H2,1-2H3,(H,21,24)/t13-,15+,19+/m0/s1. The largest absolute Gasteiger partial charge is 0.357 e. The highest BCUT2D eigenvalue weighted by Crippen LogP contribution is 2.44. The van der Waals surface area contributed by atoms with Crippen LogP contribution in [0.1, 0.15) is 42.5 Å². The predicted molar refractivity (Wildman–Crippen MR) is 105 cm³/mol. The van der Waals surface area contributed by atoms with E-state index in [0.29, 0.717) is 12.0 Å². The lowest BCUT2D eigenvalue weighted by Gasteiger charge is -2.47. The number of hydrogen-bond donors (Lipinski definition) is 2. The van der Waals surface area contributed by atoms with Crippen molar-refractivity contribution in [3.05, 3.63) is 35.0 Å². The molecule has 2 heterocycles. The second-order valence-corrected chi connectivity index (χ2v) is 8.24. The Balaban J connectivity index is 1.79. The van der Waals surface area contributed by atoms with Crippen LogP contribution in [0.3, 0.4) is 0 Å². The quantitative estimate of drug-likeness (QED) is 0.780. The van der Waals surface area contributed by atoms with E-state index in [4.69, 9.17) is 0 Å². The Morgan fingerprint density at radius 3 is 3.08 bits per heavy atom. The van der Waals surface area contributed by atoms with Crippen LogP contribution >= 0.6 is 11.8 Å². The molecule has 25 heavy (non-hydrogen) atoms. The van der Waals surface area contributed by atoms with Gasteiger partial charge in [0.1, 0.15) is 0 Å². The van der Waals surface area contributed by atoms with Gasteiger partial charge in [-0.15, -0.1) is 0 Å². The van der Waals surface area contributed by atoms with Crippen molar-refractivity contribution in [2.24, 2.45) is 0 Å². The lowest BCUT2D eigenvalue weighted by Crippen LogP contribution is -2.55. The lowest BCUT2D eigenvalue weighted by atomic mass is 9.73. The van der Waals surface area contributed by atoms with Crippen LogP contribution in [0.4, 0.5) is 0 Å². The SMILES string of the molecule is CCCN1C[C@@H](NC=O)C[C@@H]2c3cccc4[nH]c(CSC)c(c34)C[C@H]21. The minimum Gasteiger partial charge on any atom is -0.357 e. The van der Waals surface area contributed by atoms with Crippen molar-refractivity contribution >= 4 is 29.1 Å². The van der Waals surface area contributed by atoms with E-state index in [9.17, 15) is 4.79 Å². The number of thioether (sulfide) groups is 1. The smallest absolute Gasteiger partial charge is 0.207 e. The molecule has 1 aromatic carbocycles. The molecule has 1 fully saturated rings. The van der Waals surface area contributed by atoms with Gasteiger partial charge in [-0.3, -0.25) is 9.69 Å². The molecule has 4 nitrogen and oxygen atoms in total. The van der Waals surface area contributed by atoms with E-state index in [1.807, 2.05) is 11.8 Å². The number of aromatic amines is 1. The Morgan fingerprint density at radius 2 is 2.32 bits per heavy atom. The summed E-state index contributed by atoms with van der Waals surface area (Å²) in [4.78, 5) is 17.3. The zero-order chi connectivity index (χ0) is 17.4. The number of H-pyrrole nitrogens is 1. The van der Waals surface area contributed by atoms with Crippen LogP contribution in [0, 0.1) is 0 Å². The lowest BCUT2D eigenvalue weighted by molar-refractivity contribution is -0.110. The molecule has 1 aliphatic carbocycles. The number of aromatic nitrogens is 1. The van der Waals surface area contributed by atoms with Gasteiger partial charge in [0.15, 0.2) is 0 Å². The number of rotatable bonds is 6. The first-order valence-electron chi connectivity index (χ1n) is 9.31. The highest BCUT2D eigenvalue weighted by molar-refractivity contribution is 7.97. The van der Waals surface area contributed by atoms with E-state index in [1.54, 1.807) is 0 Å². The number of nitrogens with one attached hydrogen (secondary N) is 2. The molecule has 0 spiro atoms. The van der Waals surface area contributed by atoms with Crippen LogP contribution in [0.2, 0.25) is 0 Å². The topological polar surface area (TPSA) is 48.1 Å². The molecule has 5 heteroatoms. The van der Waals surface area contributed by atoms with E-state index in [-0.39, 0.29) is 6.04 Å². The number of carbonyl (C=O) groups excluding carboxylic acids is 1. The van der Waals surface area contributed by atoms with Crippen molar-refractivity contribution < 1.29 is 4.79 Å². The van der Waals surface area contributed by atoms with E-state index in [2.05, 4.69) is 46.6 Å². The van der Waals surface area contributed by atoms with Crippen molar-refractivity contribution in [3.8, 4) is 0 Å². The molecule has 1 aliphatic heterocycles. The van der Waals surface area contributed by atoms with Crippen molar-refractivity contribution in [3.63, 3.8) is 0 Å². The first kappa shape index (κ1) is 17.0. The molecule has 0 unspecified atom stereocenters. The summed E-state index contributed by atoms with van der Waals surface area (Å²) in [5, 5.41) is 4.51. The Hall–Kier alpha value is -1.46. The van der Waals surface area contributed by atoms with Crippen molar-refractivity contribution in [2.75, 3.05) is 19.3 Å². The van der Waals surface area contributed by atoms with E-state index >= 15 is 0 Å². The summed E-state index contributed by atoms with van der Waals surface area (Å²) in [6, 6.07) is 7.52. The second kappa shape index (κ2) is 7.04. The normalized spacial score (nSPS) is 25.8. The number of hydrogen-bond acceptors (Lipinski definition) is 3. The van der Waals surface area contributed by atoms with E-state index in [0.717, 1.165) is 44.5 Å². The van der Waals surface area contributed by atoms with Crippen molar-refractivity contribution in [1.29, 1.82) is 0 Å². The van der Waals surface area contributed by atoms with Crippen LogP contribution in [0.5, 0.6) is 0 Å². The highest BCUT2D eigenvalue weighted by atomic mass is 32.2. The Kier molecular flexibility index (Phi) is 4.78. The first-order chi connectivity index (χ1) is 12.3. The van der Waals surface area contributed by atoms with E-state index in [1.165, 1.54) is 27.7 Å². The molecular formula is C20H27N3OS. The summed E-state index contributed by atoms with van der Waals surface area (Å²) in [5.41, 5.74) is 5.69. The molecule has 1 amide bonds. The van der Waals surface area contributed by atoms with Gasteiger partial charge in [-0.05, 0) is 49.3 Å². The molecule has 2 N–H and O–H groups in total. The summed E-state index contributed by atoms with van der Waals surface area (Å²) >= 11 is 1.88. The second-order valence-electron chi connectivity index (χ2n) is 7.37. The maximum absolute atomic E-state index is 11.0. The molecule has 4 rings (SSSR count). The summed E-state index contributed by atoms with van der Waals surface area (Å²) in [5.74, 6) is 1.55. The number of nitrogens with zero attached hydrogens (tertiary/aromatic N) is 1. The molecule has 0 radical (unpaired) electrons. The number of carbonyl (C=O) groups is 1. The summed E-state index contributed by atoms with van der Waals surface area (Å²) in [6.07, 6.45) is 6.37. The molecule has 3 atom stereocenters. The fourth-order valence-electron chi connectivity index (χ4n) is 4.99. The molecule has 1 saturated heterocycles. The molecule has 0 saturated carbocycles. The molecule has 134 valence electrons. The molecule has 2 aliphatic rings. The van der Waals surface area contributed by atoms with Crippen LogP contribution in [-0.2, 0) is 17.0 Å². The number of amides is 1. The van der Waals surface area contributed by atoms with Crippen LogP contribution in [0.15, 0.2) is 18.2 Å². The first-order valence-corrected chi connectivity index (χ1v) is 10.7. The average Bonchev–Trinajstić information content (AvgIpc) is 2.96. The van der Waals surface area contributed by atoms with Crippen LogP contribution < -0.4 is 5.32 Å². The molecule has 2 aromatic rings. The molecule has 1 aromatic heterocycles. The molecule has 0 bridgehead atoms. The van der Waals surface area contributed by atoms with Gasteiger partial charge in [-0.25, -0.2) is 0 Å². The molecular weight excluding hydrogens is 330 g/mol. The minimum absolute atomic E-state index is 0.256. The Labute approximate surface area is 153 Å². The highest BCUT2D eigenvalue weighted by Gasteiger charge is 2.41. The number of likely N-dealkylation sites (tertiary alicyclic amines) is 1. The van der Waals surface area contributed by atoms with Gasteiger partial charge in [0.05, 0.1) is 0 Å². The monoisotopic (exact) mass is 357 g/mol. The van der Waals surface area contributed by atoms with Gasteiger partial charge < -0.3 is 10.3 Å². The van der Waals surface area contributed by atoms with E-state index < -0.39 is 0 Å². The third-order valence-corrected chi connectivity index (χ3v) is 6.47. The zero-order valence-electron chi connectivity index (χ0n) is 15.0. The predicted octanol–water partition coefficient (Wildman–Crippen LogP) is 3.27. The van der Waals surface area contributed by atoms with Crippen molar-refractivity contribution in [1.82, 2.24) is 15.2 Å². The summed E-state index contributed by atoms with van der Waals surface area (Å²) in [6.45, 7) is 4.32. The summed E-state index contributed by atoms with van der Waals surface area (Å²) < 4.78 is 0. The van der Waals surface area contributed by atoms with Gasteiger partial charge in [-0.1, -0.05) is 19.1 Å². The summed E-state index contributed by atoms with van der Waals surface area (Å²) in [7, 11) is 0. The van der Waals surface area contributed by atoms with Gasteiger partial charge in [0.2, 0.25) is 6.41 Å². The third-order valence-electron chi connectivity index (χ3n) is 5.89. The zero-order valence-corrected chi connectivity index (χ0v) is 15.9. The van der Waals surface area contributed by atoms with Gasteiger partial charge in [-0.2, -0.15) is 11.8 Å². The van der Waals surface area contributed by atoms with Crippen LogP contribution in [0.25, 0.3) is 10.9 Å². The fourth-order valence-corrected chi connectivity index (χ4v) is 5.52. The van der Waals surface area contributed by atoms with Gasteiger partial charge in [0.25, 0.3) is 0 Å². The Bertz CT molecular complexity index is 772. The fraction of sp³-hybridized carbons (Fsp3) is 0.550. The number of fused-ring (bicyclic) bond motifs is 2. The van der Waals surface area contributed by atoms with Crippen LogP contribution in [-0.4, -0.2) is 47.7 Å². The minimum atomic E-state index is 0.256. The number of benzene rings is 1. The average molecular weight is 358 g/mol. The maximum Gasteiger partial charge on any atom is 0.207 e. The van der Waals surface area contributed by atoms with Gasteiger partial charge in [0, 0.05) is 46.9 Å². The van der Waals surface area contributed by atoms with Crippen molar-refractivity contribution in [2.45, 2.75) is 49.9 Å². The maximum atomic E-state index is 11.0. The Morgan fingerprint density at radius 1 is 1.44 bits per heavy atom.